The summed E-state index contributed by atoms with van der Waals surface area (Å²) < 4.78 is 0. The fraction of sp³-hybridized carbons (Fsp3) is 0.417. The fourth-order valence-electron chi connectivity index (χ4n) is 1.47. The van der Waals surface area contributed by atoms with Crippen LogP contribution < -0.4 is 11.1 Å². The van der Waals surface area contributed by atoms with E-state index in [1.807, 2.05) is 6.92 Å². The molecule has 0 unspecified atom stereocenters. The van der Waals surface area contributed by atoms with Crippen LogP contribution >= 0.6 is 11.6 Å². The van der Waals surface area contributed by atoms with Gasteiger partial charge >= 0.3 is 0 Å². The Labute approximate surface area is 101 Å². The maximum Gasteiger partial charge on any atom is 0.227 e. The lowest BCUT2D eigenvalue weighted by Gasteiger charge is -2.12. The van der Waals surface area contributed by atoms with Crippen molar-refractivity contribution in [3.8, 4) is 0 Å². The van der Waals surface area contributed by atoms with Gasteiger partial charge < -0.3 is 11.1 Å². The lowest BCUT2D eigenvalue weighted by atomic mass is 10.1. The van der Waals surface area contributed by atoms with Crippen LogP contribution in [-0.4, -0.2) is 5.91 Å². The predicted octanol–water partition coefficient (Wildman–Crippen LogP) is 3.30. The molecule has 88 valence electrons. The van der Waals surface area contributed by atoms with Gasteiger partial charge in [-0.25, -0.2) is 0 Å². The smallest absolute Gasteiger partial charge is 0.227 e. The summed E-state index contributed by atoms with van der Waals surface area (Å²) in [5.41, 5.74) is 6.86. The molecule has 3 N–H and O–H groups in total. The third-order valence-electron chi connectivity index (χ3n) is 2.44. The average Bonchev–Trinajstić information content (AvgIpc) is 2.22. The van der Waals surface area contributed by atoms with E-state index in [1.165, 1.54) is 0 Å². The molecule has 0 fully saturated rings. The monoisotopic (exact) mass is 240 g/mol. The number of hydrogen-bond donors (Lipinski definition) is 2. The zero-order valence-electron chi connectivity index (χ0n) is 9.59. The summed E-state index contributed by atoms with van der Waals surface area (Å²) in [5, 5.41) is 3.37. The summed E-state index contributed by atoms with van der Waals surface area (Å²) in [6, 6.07) is 5.05. The normalized spacial score (nSPS) is 12.2. The highest BCUT2D eigenvalue weighted by Gasteiger charge is 2.12. The molecular weight excluding hydrogens is 224 g/mol. The highest BCUT2D eigenvalue weighted by Crippen LogP contribution is 2.23. The van der Waals surface area contributed by atoms with Gasteiger partial charge in [0.05, 0.1) is 11.4 Å². The molecule has 0 aliphatic carbocycles. The third kappa shape index (κ3) is 3.42. The Morgan fingerprint density at radius 2 is 2.25 bits per heavy atom. The summed E-state index contributed by atoms with van der Waals surface area (Å²) in [5.74, 6) is -0.00375. The van der Waals surface area contributed by atoms with Crippen molar-refractivity contribution < 1.29 is 4.79 Å². The summed E-state index contributed by atoms with van der Waals surface area (Å²) in [6.07, 6.45) is 1.87. The second kappa shape index (κ2) is 5.75. The van der Waals surface area contributed by atoms with Gasteiger partial charge in [0.25, 0.3) is 0 Å². The minimum atomic E-state index is -0.00382. The van der Waals surface area contributed by atoms with Gasteiger partial charge in [0, 0.05) is 10.9 Å². The average molecular weight is 241 g/mol. The summed E-state index contributed by atoms with van der Waals surface area (Å²) in [7, 11) is 0. The Bertz CT molecular complexity index is 379. The van der Waals surface area contributed by atoms with E-state index < -0.39 is 0 Å². The van der Waals surface area contributed by atoms with Gasteiger partial charge in [-0.3, -0.25) is 4.79 Å². The Balaban J connectivity index is 2.69. The molecule has 1 rings (SSSR count). The number of amides is 1. The van der Waals surface area contributed by atoms with Crippen molar-refractivity contribution in [2.45, 2.75) is 26.7 Å². The molecule has 1 atom stereocenters. The number of carbonyl (C=O) groups is 1. The molecule has 0 spiro atoms. The topological polar surface area (TPSA) is 55.1 Å². The predicted molar refractivity (Wildman–Crippen MR) is 68.6 cm³/mol. The van der Waals surface area contributed by atoms with Crippen molar-refractivity contribution in [1.82, 2.24) is 0 Å². The summed E-state index contributed by atoms with van der Waals surface area (Å²) in [4.78, 5) is 11.7. The molecule has 0 aromatic heterocycles. The van der Waals surface area contributed by atoms with Crippen molar-refractivity contribution in [3.63, 3.8) is 0 Å². The largest absolute Gasteiger partial charge is 0.397 e. The third-order valence-corrected chi connectivity index (χ3v) is 2.68. The first-order valence-corrected chi connectivity index (χ1v) is 5.78. The number of anilines is 2. The maximum atomic E-state index is 11.7. The maximum absolute atomic E-state index is 11.7. The van der Waals surface area contributed by atoms with Crippen LogP contribution in [0, 0.1) is 5.92 Å². The van der Waals surface area contributed by atoms with E-state index in [9.17, 15) is 4.79 Å². The van der Waals surface area contributed by atoms with Gasteiger partial charge in [0.15, 0.2) is 0 Å². The molecule has 1 aromatic carbocycles. The molecule has 0 bridgehead atoms. The molecule has 0 radical (unpaired) electrons. The Morgan fingerprint density at radius 3 is 2.81 bits per heavy atom. The zero-order chi connectivity index (χ0) is 12.1. The molecule has 0 aliphatic rings. The number of halogens is 1. The van der Waals surface area contributed by atoms with Gasteiger partial charge in [-0.05, 0) is 24.6 Å². The van der Waals surface area contributed by atoms with Crippen LogP contribution in [0.4, 0.5) is 11.4 Å². The van der Waals surface area contributed by atoms with Crippen LogP contribution in [0.5, 0.6) is 0 Å². The highest BCUT2D eigenvalue weighted by molar-refractivity contribution is 6.31. The van der Waals surface area contributed by atoms with Gasteiger partial charge in [-0.15, -0.1) is 0 Å². The number of hydrogen-bond acceptors (Lipinski definition) is 2. The molecule has 3 nitrogen and oxygen atoms in total. The molecule has 0 heterocycles. The van der Waals surface area contributed by atoms with Gasteiger partial charge in [-0.2, -0.15) is 0 Å². The molecule has 1 aromatic rings. The van der Waals surface area contributed by atoms with Crippen LogP contribution in [-0.2, 0) is 4.79 Å². The molecule has 0 saturated heterocycles. The van der Waals surface area contributed by atoms with E-state index in [4.69, 9.17) is 17.3 Å². The number of benzene rings is 1. The van der Waals surface area contributed by atoms with Gasteiger partial charge in [0.1, 0.15) is 0 Å². The summed E-state index contributed by atoms with van der Waals surface area (Å²) in [6.45, 7) is 3.96. The Morgan fingerprint density at radius 1 is 1.56 bits per heavy atom. The number of carbonyl (C=O) groups excluding carboxylic acids is 1. The van der Waals surface area contributed by atoms with E-state index in [0.717, 1.165) is 12.8 Å². The van der Waals surface area contributed by atoms with Crippen LogP contribution in [0.2, 0.25) is 5.02 Å². The lowest BCUT2D eigenvalue weighted by molar-refractivity contribution is -0.119. The molecular formula is C12H17ClN2O. The van der Waals surface area contributed by atoms with Crippen molar-refractivity contribution in [2.75, 3.05) is 11.1 Å². The van der Waals surface area contributed by atoms with E-state index >= 15 is 0 Å². The highest BCUT2D eigenvalue weighted by atomic mass is 35.5. The van der Waals surface area contributed by atoms with Gasteiger partial charge in [-0.1, -0.05) is 31.9 Å². The van der Waals surface area contributed by atoms with Crippen LogP contribution in [0.25, 0.3) is 0 Å². The van der Waals surface area contributed by atoms with Crippen LogP contribution in [0.1, 0.15) is 26.7 Å². The van der Waals surface area contributed by atoms with Gasteiger partial charge in [0.2, 0.25) is 5.91 Å². The van der Waals surface area contributed by atoms with Crippen LogP contribution in [0.15, 0.2) is 18.2 Å². The first kappa shape index (κ1) is 12.8. The molecule has 16 heavy (non-hydrogen) atoms. The zero-order valence-corrected chi connectivity index (χ0v) is 10.3. The second-order valence-corrected chi connectivity index (χ2v) is 4.35. The SMILES string of the molecule is CCC[C@H](C)C(=O)Nc1ccc(Cl)cc1N. The molecule has 0 aliphatic heterocycles. The van der Waals surface area contributed by atoms with E-state index in [-0.39, 0.29) is 11.8 Å². The fourth-order valence-corrected chi connectivity index (χ4v) is 1.65. The second-order valence-electron chi connectivity index (χ2n) is 3.91. The number of nitrogens with one attached hydrogen (secondary N) is 1. The minimum absolute atomic E-state index is 0.0000723. The molecule has 0 saturated carbocycles. The van der Waals surface area contributed by atoms with Crippen molar-refractivity contribution in [2.24, 2.45) is 5.92 Å². The first-order valence-electron chi connectivity index (χ1n) is 5.40. The van der Waals surface area contributed by atoms with E-state index in [1.54, 1.807) is 18.2 Å². The van der Waals surface area contributed by atoms with Crippen molar-refractivity contribution in [3.05, 3.63) is 23.2 Å². The summed E-state index contributed by atoms with van der Waals surface area (Å²) >= 11 is 5.77. The van der Waals surface area contributed by atoms with Crippen molar-refractivity contribution in [1.29, 1.82) is 0 Å². The number of nitrogens with two attached hydrogens (primary N) is 1. The van der Waals surface area contributed by atoms with E-state index in [0.29, 0.717) is 16.4 Å². The Kier molecular flexibility index (Phi) is 4.62. The van der Waals surface area contributed by atoms with Crippen LogP contribution in [0.3, 0.4) is 0 Å². The molecule has 1 amide bonds. The Hall–Kier alpha value is -1.22. The van der Waals surface area contributed by atoms with Crippen molar-refractivity contribution >= 4 is 28.9 Å². The first-order chi connectivity index (χ1) is 7.54. The quantitative estimate of drug-likeness (QED) is 0.794. The number of rotatable bonds is 4. The standard InChI is InChI=1S/C12H17ClN2O/c1-3-4-8(2)12(16)15-11-6-5-9(13)7-10(11)14/h5-8H,3-4,14H2,1-2H3,(H,15,16)/t8-/m0/s1. The molecule has 4 heteroatoms. The van der Waals surface area contributed by atoms with E-state index in [2.05, 4.69) is 12.2 Å². The minimum Gasteiger partial charge on any atom is -0.397 e. The lowest BCUT2D eigenvalue weighted by Crippen LogP contribution is -2.20. The number of nitrogen functional groups attached to an aromatic ring is 1.